The zero-order chi connectivity index (χ0) is 18.3. The number of nitrogens with one attached hydrogen (secondary N) is 1. The maximum absolute atomic E-state index is 12.8. The number of rotatable bonds is 3. The molecule has 4 rings (SSSR count). The van der Waals surface area contributed by atoms with Gasteiger partial charge in [0.1, 0.15) is 4.90 Å². The van der Waals surface area contributed by atoms with Crippen LogP contribution in [-0.4, -0.2) is 35.4 Å². The molecule has 1 aliphatic heterocycles. The number of nitrogens with zero attached hydrogens (tertiary/aromatic N) is 2. The monoisotopic (exact) mass is 391 g/mol. The van der Waals surface area contributed by atoms with Crippen LogP contribution >= 0.6 is 11.6 Å². The lowest BCUT2D eigenvalue weighted by atomic mass is 10.1. The van der Waals surface area contributed by atoms with Crippen molar-refractivity contribution in [3.05, 3.63) is 64.0 Å². The fourth-order valence-corrected chi connectivity index (χ4v) is 5.53. The van der Waals surface area contributed by atoms with Crippen LogP contribution in [0.4, 0.5) is 0 Å². The first-order valence-corrected chi connectivity index (χ1v) is 10.2. The second-order valence-corrected chi connectivity index (χ2v) is 8.70. The Morgan fingerprint density at radius 2 is 1.65 bits per heavy atom. The molecule has 0 saturated carbocycles. The normalized spacial score (nSPS) is 17.0. The number of halogens is 1. The molecule has 1 fully saturated rings. The third-order valence-electron chi connectivity index (χ3n) is 4.87. The topological polar surface area (TPSA) is 75.2 Å². The first-order chi connectivity index (χ1) is 12.5. The minimum atomic E-state index is -3.63. The van der Waals surface area contributed by atoms with Gasteiger partial charge < -0.3 is 4.98 Å². The summed E-state index contributed by atoms with van der Waals surface area (Å²) >= 11 is 6.07. The van der Waals surface area contributed by atoms with Gasteiger partial charge in [0.25, 0.3) is 0 Å². The minimum absolute atomic E-state index is 0.0312. The lowest BCUT2D eigenvalue weighted by molar-refractivity contribution is 0.274. The number of piperidine rings is 1. The van der Waals surface area contributed by atoms with E-state index in [0.29, 0.717) is 25.9 Å². The average Bonchev–Trinajstić information content (AvgIpc) is 2.98. The van der Waals surface area contributed by atoms with Gasteiger partial charge in [-0.2, -0.15) is 4.31 Å². The van der Waals surface area contributed by atoms with E-state index in [2.05, 4.69) is 4.98 Å². The number of hydrogen-bond donors (Lipinski definition) is 1. The highest BCUT2D eigenvalue weighted by Gasteiger charge is 2.32. The number of aromatic nitrogens is 2. The van der Waals surface area contributed by atoms with Gasteiger partial charge in [-0.1, -0.05) is 35.9 Å². The van der Waals surface area contributed by atoms with Crippen molar-refractivity contribution in [1.82, 2.24) is 13.9 Å². The summed E-state index contributed by atoms with van der Waals surface area (Å²) in [5.74, 6) is 0. The van der Waals surface area contributed by atoms with Crippen molar-refractivity contribution < 1.29 is 8.42 Å². The maximum Gasteiger partial charge on any atom is 0.326 e. The lowest BCUT2D eigenvalue weighted by Gasteiger charge is -2.32. The average molecular weight is 392 g/mol. The Morgan fingerprint density at radius 1 is 1.00 bits per heavy atom. The SMILES string of the molecule is O=c1[nH]c2ccccc2n1C1CCN(S(=O)(=O)c2ccccc2Cl)CC1. The number of imidazole rings is 1. The molecule has 2 heterocycles. The molecule has 0 unspecified atom stereocenters. The predicted octanol–water partition coefficient (Wildman–Crippen LogP) is 3.01. The van der Waals surface area contributed by atoms with Crippen molar-refractivity contribution in [1.29, 1.82) is 0 Å². The second kappa shape index (κ2) is 6.57. The molecule has 0 aliphatic carbocycles. The first-order valence-electron chi connectivity index (χ1n) is 8.42. The van der Waals surface area contributed by atoms with Gasteiger partial charge in [0.15, 0.2) is 0 Å². The summed E-state index contributed by atoms with van der Waals surface area (Å²) in [7, 11) is -3.63. The molecule has 0 amide bonds. The van der Waals surface area contributed by atoms with Crippen LogP contribution in [0.3, 0.4) is 0 Å². The summed E-state index contributed by atoms with van der Waals surface area (Å²) in [5, 5.41) is 0.225. The highest BCUT2D eigenvalue weighted by Crippen LogP contribution is 2.30. The number of H-pyrrole nitrogens is 1. The van der Waals surface area contributed by atoms with Crippen LogP contribution in [0.2, 0.25) is 5.02 Å². The molecule has 26 heavy (non-hydrogen) atoms. The zero-order valence-corrected chi connectivity index (χ0v) is 15.5. The van der Waals surface area contributed by atoms with Crippen LogP contribution in [0.15, 0.2) is 58.2 Å². The molecule has 1 aromatic heterocycles. The summed E-state index contributed by atoms with van der Waals surface area (Å²) in [6.45, 7) is 0.703. The van der Waals surface area contributed by atoms with E-state index in [-0.39, 0.29) is 21.6 Å². The van der Waals surface area contributed by atoms with Crippen molar-refractivity contribution in [2.24, 2.45) is 0 Å². The van der Waals surface area contributed by atoms with E-state index in [0.717, 1.165) is 11.0 Å². The summed E-state index contributed by atoms with van der Waals surface area (Å²) in [6, 6.07) is 14.0. The van der Waals surface area contributed by atoms with E-state index >= 15 is 0 Å². The lowest BCUT2D eigenvalue weighted by Crippen LogP contribution is -2.40. The third kappa shape index (κ3) is 2.86. The summed E-state index contributed by atoms with van der Waals surface area (Å²) < 4.78 is 28.9. The van der Waals surface area contributed by atoms with Gasteiger partial charge in [0.2, 0.25) is 10.0 Å². The quantitative estimate of drug-likeness (QED) is 0.745. The van der Waals surface area contributed by atoms with E-state index < -0.39 is 10.0 Å². The van der Waals surface area contributed by atoms with Crippen molar-refractivity contribution in [3.63, 3.8) is 0 Å². The van der Waals surface area contributed by atoms with E-state index in [1.54, 1.807) is 22.8 Å². The van der Waals surface area contributed by atoms with Crippen LogP contribution < -0.4 is 5.69 Å². The Hall–Kier alpha value is -2.09. The van der Waals surface area contributed by atoms with Crippen LogP contribution in [0, 0.1) is 0 Å². The fraction of sp³-hybridized carbons (Fsp3) is 0.278. The maximum atomic E-state index is 12.8. The van der Waals surface area contributed by atoms with Crippen LogP contribution in [0.1, 0.15) is 18.9 Å². The molecule has 0 spiro atoms. The van der Waals surface area contributed by atoms with Gasteiger partial charge in [0, 0.05) is 19.1 Å². The Bertz CT molecular complexity index is 1110. The van der Waals surface area contributed by atoms with Crippen molar-refractivity contribution in [3.8, 4) is 0 Å². The summed E-state index contributed by atoms with van der Waals surface area (Å²) in [4.78, 5) is 15.3. The summed E-state index contributed by atoms with van der Waals surface area (Å²) in [5.41, 5.74) is 1.49. The van der Waals surface area contributed by atoms with Gasteiger partial charge >= 0.3 is 5.69 Å². The zero-order valence-electron chi connectivity index (χ0n) is 13.9. The smallest absolute Gasteiger partial charge is 0.306 e. The number of para-hydroxylation sites is 2. The third-order valence-corrected chi connectivity index (χ3v) is 7.27. The van der Waals surface area contributed by atoms with Gasteiger partial charge in [-0.25, -0.2) is 13.2 Å². The fourth-order valence-electron chi connectivity index (χ4n) is 3.57. The van der Waals surface area contributed by atoms with Crippen LogP contribution in [0.5, 0.6) is 0 Å². The number of benzene rings is 2. The molecular weight excluding hydrogens is 374 g/mol. The Labute approximate surface area is 156 Å². The number of aromatic amines is 1. The van der Waals surface area contributed by atoms with Gasteiger partial charge in [-0.3, -0.25) is 4.57 Å². The second-order valence-electron chi connectivity index (χ2n) is 6.38. The first kappa shape index (κ1) is 17.3. The molecule has 136 valence electrons. The van der Waals surface area contributed by atoms with Crippen LogP contribution in [0.25, 0.3) is 11.0 Å². The largest absolute Gasteiger partial charge is 0.326 e. The Kier molecular flexibility index (Phi) is 4.38. The molecule has 1 N–H and O–H groups in total. The number of sulfonamides is 1. The molecule has 0 bridgehead atoms. The van der Waals surface area contributed by atoms with Crippen molar-refractivity contribution >= 4 is 32.7 Å². The molecule has 0 radical (unpaired) electrons. The Morgan fingerprint density at radius 3 is 2.38 bits per heavy atom. The number of hydrogen-bond acceptors (Lipinski definition) is 3. The van der Waals surface area contributed by atoms with E-state index in [1.165, 1.54) is 10.4 Å². The molecule has 3 aromatic rings. The standard InChI is InChI=1S/C18H18ClN3O3S/c19-14-5-1-4-8-17(14)26(24,25)21-11-9-13(10-12-21)22-16-7-3-2-6-15(16)20-18(22)23/h1-8,13H,9-12H2,(H,20,23). The van der Waals surface area contributed by atoms with Crippen molar-refractivity contribution in [2.75, 3.05) is 13.1 Å². The molecule has 0 atom stereocenters. The highest BCUT2D eigenvalue weighted by atomic mass is 35.5. The molecule has 1 aliphatic rings. The molecule has 2 aromatic carbocycles. The van der Waals surface area contributed by atoms with E-state index in [4.69, 9.17) is 11.6 Å². The summed E-state index contributed by atoms with van der Waals surface area (Å²) in [6.07, 6.45) is 1.15. The van der Waals surface area contributed by atoms with Crippen molar-refractivity contribution in [2.45, 2.75) is 23.8 Å². The molecule has 6 nitrogen and oxygen atoms in total. The number of fused-ring (bicyclic) bond motifs is 1. The predicted molar refractivity (Wildman–Crippen MR) is 101 cm³/mol. The molecule has 1 saturated heterocycles. The molecule has 8 heteroatoms. The van der Waals surface area contributed by atoms with Gasteiger partial charge in [0.05, 0.1) is 16.1 Å². The van der Waals surface area contributed by atoms with E-state index in [9.17, 15) is 13.2 Å². The minimum Gasteiger partial charge on any atom is -0.306 e. The van der Waals surface area contributed by atoms with Gasteiger partial charge in [-0.15, -0.1) is 0 Å². The van der Waals surface area contributed by atoms with E-state index in [1.807, 2.05) is 24.3 Å². The highest BCUT2D eigenvalue weighted by molar-refractivity contribution is 7.89. The Balaban J connectivity index is 1.59. The van der Waals surface area contributed by atoms with Crippen LogP contribution in [-0.2, 0) is 10.0 Å². The van der Waals surface area contributed by atoms with Gasteiger partial charge in [-0.05, 0) is 37.1 Å². The molecular formula is C18H18ClN3O3S.